The summed E-state index contributed by atoms with van der Waals surface area (Å²) in [5.74, 6) is 0.969. The fraction of sp³-hybridized carbons (Fsp3) is 0.562. The molecule has 10 heteroatoms. The molecule has 1 atom stereocenters. The maximum Gasteiger partial charge on any atom is 0.244 e. The summed E-state index contributed by atoms with van der Waals surface area (Å²) in [5, 5.41) is 11.2. The van der Waals surface area contributed by atoms with Crippen molar-refractivity contribution in [3.05, 3.63) is 35.5 Å². The number of carbonyl (C=O) groups is 1. The van der Waals surface area contributed by atoms with Crippen molar-refractivity contribution in [2.45, 2.75) is 19.5 Å². The van der Waals surface area contributed by atoms with E-state index in [0.29, 0.717) is 13.1 Å². The predicted molar refractivity (Wildman–Crippen MR) is 103 cm³/mol. The molecule has 1 N–H and O–H groups in total. The maximum atomic E-state index is 12.8. The molecule has 1 fully saturated rings. The van der Waals surface area contributed by atoms with Crippen molar-refractivity contribution in [3.63, 3.8) is 0 Å². The third-order valence-corrected chi connectivity index (χ3v) is 4.33. The van der Waals surface area contributed by atoms with E-state index in [1.165, 1.54) is 0 Å². The zero-order valence-corrected chi connectivity index (χ0v) is 16.8. The van der Waals surface area contributed by atoms with Gasteiger partial charge in [-0.1, -0.05) is 5.16 Å². The minimum Gasteiger partial charge on any atom is -0.360 e. The first kappa shape index (κ1) is 22.4. The number of nitrogens with zero attached hydrogens (tertiary/aromatic N) is 5. The number of carbonyl (C=O) groups excluding carboxylic acids is 1. The highest BCUT2D eigenvalue weighted by molar-refractivity contribution is 5.85. The van der Waals surface area contributed by atoms with Crippen molar-refractivity contribution in [2.24, 2.45) is 7.05 Å². The molecule has 1 unspecified atom stereocenters. The summed E-state index contributed by atoms with van der Waals surface area (Å²) in [7, 11) is 3.66. The van der Waals surface area contributed by atoms with Crippen LogP contribution in [-0.4, -0.2) is 63.9 Å². The number of rotatable bonds is 5. The van der Waals surface area contributed by atoms with Crippen LogP contribution in [0.1, 0.15) is 23.1 Å². The average Bonchev–Trinajstić information content (AvgIpc) is 3.17. The first-order chi connectivity index (χ1) is 11.6. The van der Waals surface area contributed by atoms with Crippen LogP contribution in [0, 0.1) is 6.92 Å². The number of amides is 1. The van der Waals surface area contributed by atoms with Crippen LogP contribution in [-0.2, 0) is 18.4 Å². The zero-order valence-electron chi connectivity index (χ0n) is 15.2. The van der Waals surface area contributed by atoms with Gasteiger partial charge in [-0.3, -0.25) is 14.4 Å². The Kier molecular flexibility index (Phi) is 8.55. The third-order valence-electron chi connectivity index (χ3n) is 4.33. The number of aromatic nitrogens is 3. The number of hydrogen-bond acceptors (Lipinski definition) is 6. The molecule has 0 spiro atoms. The zero-order chi connectivity index (χ0) is 17.1. The number of piperazine rings is 1. The second-order valence-electron chi connectivity index (χ2n) is 6.21. The standard InChI is InChI=1S/C16H24N6O2.2ClH/c1-12-8-14(24-19-12)11-21-4-6-22(7-5-21)16(23)15(17-2)13-9-18-20(3)10-13;;/h8-10,15,17H,4-7,11H2,1-3H3;2*1H. The van der Waals surface area contributed by atoms with Gasteiger partial charge >= 0.3 is 0 Å². The molecule has 1 aliphatic heterocycles. The molecule has 146 valence electrons. The van der Waals surface area contributed by atoms with E-state index in [1.807, 2.05) is 31.1 Å². The lowest BCUT2D eigenvalue weighted by Crippen LogP contribution is -2.51. The van der Waals surface area contributed by atoms with Crippen LogP contribution in [0.2, 0.25) is 0 Å². The van der Waals surface area contributed by atoms with Crippen molar-refractivity contribution in [2.75, 3.05) is 33.2 Å². The molecule has 0 aromatic carbocycles. The Morgan fingerprint density at radius 1 is 1.31 bits per heavy atom. The highest BCUT2D eigenvalue weighted by atomic mass is 35.5. The summed E-state index contributed by atoms with van der Waals surface area (Å²) in [6.45, 7) is 5.74. The summed E-state index contributed by atoms with van der Waals surface area (Å²) in [4.78, 5) is 17.0. The maximum absolute atomic E-state index is 12.8. The van der Waals surface area contributed by atoms with Gasteiger partial charge in [0, 0.05) is 51.1 Å². The monoisotopic (exact) mass is 404 g/mol. The van der Waals surface area contributed by atoms with Gasteiger partial charge in [0.25, 0.3) is 0 Å². The number of nitrogens with one attached hydrogen (secondary N) is 1. The van der Waals surface area contributed by atoms with Crippen LogP contribution in [0.5, 0.6) is 0 Å². The average molecular weight is 405 g/mol. The Labute approximate surface area is 165 Å². The normalized spacial score (nSPS) is 15.9. The molecule has 0 bridgehead atoms. The van der Waals surface area contributed by atoms with Crippen molar-refractivity contribution < 1.29 is 9.32 Å². The van der Waals surface area contributed by atoms with Crippen molar-refractivity contribution in [1.82, 2.24) is 30.1 Å². The molecular weight excluding hydrogens is 379 g/mol. The van der Waals surface area contributed by atoms with E-state index >= 15 is 0 Å². The molecular formula is C16H26Cl2N6O2. The summed E-state index contributed by atoms with van der Waals surface area (Å²) in [6, 6.07) is 1.61. The van der Waals surface area contributed by atoms with E-state index in [2.05, 4.69) is 20.5 Å². The molecule has 3 heterocycles. The molecule has 1 amide bonds. The summed E-state index contributed by atoms with van der Waals surface area (Å²) in [5.41, 5.74) is 1.79. The third kappa shape index (κ3) is 5.20. The van der Waals surface area contributed by atoms with E-state index < -0.39 is 0 Å². The van der Waals surface area contributed by atoms with E-state index in [-0.39, 0.29) is 36.8 Å². The van der Waals surface area contributed by atoms with Crippen molar-refractivity contribution in [1.29, 1.82) is 0 Å². The highest BCUT2D eigenvalue weighted by Crippen LogP contribution is 2.17. The SMILES string of the molecule is CNC(C(=O)N1CCN(Cc2cc(C)no2)CC1)c1cnn(C)c1.Cl.Cl. The first-order valence-corrected chi connectivity index (χ1v) is 8.16. The highest BCUT2D eigenvalue weighted by Gasteiger charge is 2.28. The lowest BCUT2D eigenvalue weighted by molar-refractivity contribution is -0.135. The Morgan fingerprint density at radius 2 is 2.00 bits per heavy atom. The Hall–Kier alpha value is -1.61. The van der Waals surface area contributed by atoms with Gasteiger partial charge in [-0.2, -0.15) is 5.10 Å². The van der Waals surface area contributed by atoms with Gasteiger partial charge in [0.15, 0.2) is 5.76 Å². The lowest BCUT2D eigenvalue weighted by Gasteiger charge is -2.35. The Balaban J connectivity index is 0.00000169. The largest absolute Gasteiger partial charge is 0.360 e. The molecule has 0 aliphatic carbocycles. The number of aryl methyl sites for hydroxylation is 2. The van der Waals surface area contributed by atoms with Crippen LogP contribution in [0.25, 0.3) is 0 Å². The molecule has 2 aromatic heterocycles. The number of likely N-dealkylation sites (N-methyl/N-ethyl adjacent to an activating group) is 1. The quantitative estimate of drug-likeness (QED) is 0.805. The van der Waals surface area contributed by atoms with Gasteiger partial charge < -0.3 is 14.7 Å². The van der Waals surface area contributed by atoms with E-state index in [4.69, 9.17) is 4.52 Å². The van der Waals surface area contributed by atoms with Gasteiger partial charge in [0.1, 0.15) is 6.04 Å². The molecule has 1 saturated heterocycles. The van der Waals surface area contributed by atoms with Crippen LogP contribution >= 0.6 is 24.8 Å². The smallest absolute Gasteiger partial charge is 0.244 e. The van der Waals surface area contributed by atoms with Gasteiger partial charge in [0.2, 0.25) is 5.91 Å². The summed E-state index contributed by atoms with van der Waals surface area (Å²) < 4.78 is 6.98. The second-order valence-corrected chi connectivity index (χ2v) is 6.21. The minimum atomic E-state index is -0.345. The van der Waals surface area contributed by atoms with E-state index in [9.17, 15) is 4.79 Å². The molecule has 0 radical (unpaired) electrons. The predicted octanol–water partition coefficient (Wildman–Crippen LogP) is 1.17. The molecule has 0 saturated carbocycles. The minimum absolute atomic E-state index is 0. The fourth-order valence-corrected chi connectivity index (χ4v) is 3.04. The van der Waals surface area contributed by atoms with Gasteiger partial charge in [0.05, 0.1) is 18.4 Å². The molecule has 1 aliphatic rings. The van der Waals surface area contributed by atoms with E-state index in [1.54, 1.807) is 17.9 Å². The lowest BCUT2D eigenvalue weighted by atomic mass is 10.1. The van der Waals surface area contributed by atoms with Crippen LogP contribution in [0.15, 0.2) is 23.0 Å². The molecule has 2 aromatic rings. The second kappa shape index (κ2) is 9.91. The van der Waals surface area contributed by atoms with Crippen LogP contribution in [0.3, 0.4) is 0 Å². The van der Waals surface area contributed by atoms with Crippen molar-refractivity contribution in [3.8, 4) is 0 Å². The first-order valence-electron chi connectivity index (χ1n) is 8.16. The van der Waals surface area contributed by atoms with E-state index in [0.717, 1.165) is 36.7 Å². The molecule has 3 rings (SSSR count). The Bertz CT molecular complexity index is 696. The van der Waals surface area contributed by atoms with Gasteiger partial charge in [-0.05, 0) is 14.0 Å². The molecule has 8 nitrogen and oxygen atoms in total. The fourth-order valence-electron chi connectivity index (χ4n) is 3.04. The Morgan fingerprint density at radius 3 is 2.50 bits per heavy atom. The van der Waals surface area contributed by atoms with Gasteiger partial charge in [-0.25, -0.2) is 0 Å². The van der Waals surface area contributed by atoms with Crippen LogP contribution in [0.4, 0.5) is 0 Å². The number of halogens is 2. The summed E-state index contributed by atoms with van der Waals surface area (Å²) >= 11 is 0. The molecule has 26 heavy (non-hydrogen) atoms. The summed E-state index contributed by atoms with van der Waals surface area (Å²) in [6.07, 6.45) is 3.61. The topological polar surface area (TPSA) is 79.4 Å². The van der Waals surface area contributed by atoms with Crippen LogP contribution < -0.4 is 5.32 Å². The van der Waals surface area contributed by atoms with Crippen molar-refractivity contribution >= 4 is 30.7 Å². The number of hydrogen-bond donors (Lipinski definition) is 1. The van der Waals surface area contributed by atoms with Gasteiger partial charge in [-0.15, -0.1) is 24.8 Å².